The lowest BCUT2D eigenvalue weighted by molar-refractivity contribution is 1.38. The van der Waals surface area contributed by atoms with E-state index in [2.05, 4.69) is 15.3 Å². The quantitative estimate of drug-likeness (QED) is 0.791. The van der Waals surface area contributed by atoms with Crippen molar-refractivity contribution in [3.8, 4) is 12.1 Å². The largest absolute Gasteiger partial charge is 0.338 e. The molecule has 1 N–H and O–H groups in total. The predicted molar refractivity (Wildman–Crippen MR) is 98.8 cm³/mol. The van der Waals surface area contributed by atoms with Gasteiger partial charge in [0.25, 0.3) is 0 Å². The zero-order chi connectivity index (χ0) is 17.8. The summed E-state index contributed by atoms with van der Waals surface area (Å²) in [6.07, 6.45) is 0. The van der Waals surface area contributed by atoms with Gasteiger partial charge in [-0.3, -0.25) is 0 Å². The van der Waals surface area contributed by atoms with Gasteiger partial charge in [-0.1, -0.05) is 53.5 Å². The van der Waals surface area contributed by atoms with E-state index in [-0.39, 0.29) is 11.3 Å². The highest BCUT2D eigenvalue weighted by Gasteiger charge is 2.22. The minimum atomic E-state index is -0.128. The molecule has 0 aliphatic carbocycles. The Labute approximate surface area is 154 Å². The molecule has 3 rings (SSSR count). The van der Waals surface area contributed by atoms with Crippen LogP contribution in [0, 0.1) is 22.7 Å². The topological polar surface area (TPSA) is 84.3 Å². The van der Waals surface area contributed by atoms with E-state index >= 15 is 0 Å². The van der Waals surface area contributed by atoms with Crippen LogP contribution in [0.1, 0.15) is 5.56 Å². The Morgan fingerprint density at radius 2 is 1.64 bits per heavy atom. The summed E-state index contributed by atoms with van der Waals surface area (Å²) in [5.41, 5.74) is 1.46. The SMILES string of the molecule is N#CC(C#N)=C1N=C(c2ccccc2)N=C1Nc1ccc(Cl)c(Cl)c1. The van der Waals surface area contributed by atoms with Crippen LogP contribution in [0.2, 0.25) is 10.0 Å². The van der Waals surface area contributed by atoms with Gasteiger partial charge in [-0.05, 0) is 18.2 Å². The summed E-state index contributed by atoms with van der Waals surface area (Å²) in [6.45, 7) is 0. The van der Waals surface area contributed by atoms with Crippen LogP contribution < -0.4 is 5.32 Å². The van der Waals surface area contributed by atoms with Gasteiger partial charge in [0.15, 0.2) is 17.2 Å². The minimum absolute atomic E-state index is 0.128. The second-order valence-corrected chi connectivity index (χ2v) is 5.78. The molecule has 0 unspecified atom stereocenters. The normalized spacial score (nSPS) is 12.7. The first-order valence-corrected chi connectivity index (χ1v) is 7.87. The number of nitriles is 2. The molecule has 0 saturated heterocycles. The highest BCUT2D eigenvalue weighted by atomic mass is 35.5. The number of hydrogen-bond acceptors (Lipinski definition) is 5. The number of nitrogens with zero attached hydrogens (tertiary/aromatic N) is 4. The van der Waals surface area contributed by atoms with Crippen molar-refractivity contribution in [1.82, 2.24) is 0 Å². The average Bonchev–Trinajstić information content (AvgIpc) is 3.04. The molecule has 120 valence electrons. The Morgan fingerprint density at radius 3 is 2.28 bits per heavy atom. The van der Waals surface area contributed by atoms with Crippen molar-refractivity contribution in [2.24, 2.45) is 9.98 Å². The van der Waals surface area contributed by atoms with Crippen molar-refractivity contribution in [2.75, 3.05) is 5.32 Å². The highest BCUT2D eigenvalue weighted by molar-refractivity contribution is 6.42. The number of nitrogens with one attached hydrogen (secondary N) is 1. The molecule has 0 spiro atoms. The third-order valence-corrected chi connectivity index (χ3v) is 4.07. The van der Waals surface area contributed by atoms with Gasteiger partial charge < -0.3 is 5.32 Å². The van der Waals surface area contributed by atoms with Gasteiger partial charge in [0.05, 0.1) is 10.0 Å². The summed E-state index contributed by atoms with van der Waals surface area (Å²) in [5, 5.41) is 22.2. The number of rotatable bonds is 2. The number of allylic oxidation sites excluding steroid dienone is 1. The molecule has 5 nitrogen and oxygen atoms in total. The van der Waals surface area contributed by atoms with Crippen LogP contribution in [-0.4, -0.2) is 11.7 Å². The maximum absolute atomic E-state index is 9.19. The van der Waals surface area contributed by atoms with E-state index in [4.69, 9.17) is 23.2 Å². The molecule has 1 aliphatic heterocycles. The third-order valence-electron chi connectivity index (χ3n) is 3.33. The molecular formula is C18H9Cl2N5. The van der Waals surface area contributed by atoms with Crippen LogP contribution >= 0.6 is 23.2 Å². The van der Waals surface area contributed by atoms with Crippen LogP contribution in [-0.2, 0) is 0 Å². The summed E-state index contributed by atoms with van der Waals surface area (Å²) in [6, 6.07) is 18.0. The van der Waals surface area contributed by atoms with Gasteiger partial charge in [0.1, 0.15) is 17.8 Å². The molecule has 0 saturated carbocycles. The molecule has 0 atom stereocenters. The Kier molecular flexibility index (Phi) is 4.81. The van der Waals surface area contributed by atoms with Crippen molar-refractivity contribution >= 4 is 40.6 Å². The molecule has 0 aromatic heterocycles. The summed E-state index contributed by atoms with van der Waals surface area (Å²) < 4.78 is 0. The summed E-state index contributed by atoms with van der Waals surface area (Å²) in [4.78, 5) is 8.77. The number of anilines is 1. The van der Waals surface area contributed by atoms with E-state index in [0.29, 0.717) is 27.4 Å². The highest BCUT2D eigenvalue weighted by Crippen LogP contribution is 2.27. The number of halogens is 2. The molecule has 0 fully saturated rings. The van der Waals surface area contributed by atoms with Gasteiger partial charge in [0.2, 0.25) is 0 Å². The number of hydrogen-bond donors (Lipinski definition) is 1. The first-order chi connectivity index (χ1) is 12.1. The lowest BCUT2D eigenvalue weighted by Gasteiger charge is -2.07. The van der Waals surface area contributed by atoms with Crippen molar-refractivity contribution in [2.45, 2.75) is 0 Å². The molecule has 0 bridgehead atoms. The molecule has 1 heterocycles. The van der Waals surface area contributed by atoms with Gasteiger partial charge in [-0.15, -0.1) is 0 Å². The molecule has 7 heteroatoms. The minimum Gasteiger partial charge on any atom is -0.338 e. The second-order valence-electron chi connectivity index (χ2n) is 4.96. The molecule has 0 amide bonds. The zero-order valence-electron chi connectivity index (χ0n) is 12.7. The molecule has 0 radical (unpaired) electrons. The first kappa shape index (κ1) is 16.7. The van der Waals surface area contributed by atoms with Gasteiger partial charge in [0, 0.05) is 11.3 Å². The van der Waals surface area contributed by atoms with Gasteiger partial charge in [-0.2, -0.15) is 10.5 Å². The Bertz CT molecular complexity index is 992. The van der Waals surface area contributed by atoms with E-state index in [0.717, 1.165) is 5.56 Å². The maximum atomic E-state index is 9.19. The van der Waals surface area contributed by atoms with E-state index in [1.807, 2.05) is 42.5 Å². The van der Waals surface area contributed by atoms with E-state index in [9.17, 15) is 10.5 Å². The van der Waals surface area contributed by atoms with E-state index in [1.54, 1.807) is 18.2 Å². The van der Waals surface area contributed by atoms with Crippen LogP contribution in [0.25, 0.3) is 0 Å². The lowest BCUT2D eigenvalue weighted by atomic mass is 10.2. The fourth-order valence-electron chi connectivity index (χ4n) is 2.16. The average molecular weight is 366 g/mol. The van der Waals surface area contributed by atoms with E-state index < -0.39 is 0 Å². The number of amidine groups is 2. The fraction of sp³-hybridized carbons (Fsp3) is 0. The van der Waals surface area contributed by atoms with Crippen molar-refractivity contribution in [3.05, 3.63) is 75.4 Å². The van der Waals surface area contributed by atoms with Crippen molar-refractivity contribution in [1.29, 1.82) is 10.5 Å². The number of benzene rings is 2. The van der Waals surface area contributed by atoms with E-state index in [1.165, 1.54) is 0 Å². The van der Waals surface area contributed by atoms with Crippen LogP contribution in [0.4, 0.5) is 5.69 Å². The molecule has 2 aromatic rings. The fourth-order valence-corrected chi connectivity index (χ4v) is 2.46. The molecule has 25 heavy (non-hydrogen) atoms. The lowest BCUT2D eigenvalue weighted by Crippen LogP contribution is -2.13. The molecular weight excluding hydrogens is 357 g/mol. The van der Waals surface area contributed by atoms with Crippen LogP contribution in [0.5, 0.6) is 0 Å². The second kappa shape index (κ2) is 7.19. The van der Waals surface area contributed by atoms with Crippen molar-refractivity contribution in [3.63, 3.8) is 0 Å². The summed E-state index contributed by atoms with van der Waals surface area (Å²) >= 11 is 11.9. The summed E-state index contributed by atoms with van der Waals surface area (Å²) in [5.74, 6) is 0.719. The molecule has 2 aromatic carbocycles. The first-order valence-electron chi connectivity index (χ1n) is 7.12. The van der Waals surface area contributed by atoms with Gasteiger partial charge in [-0.25, -0.2) is 9.98 Å². The standard InChI is InChI=1S/C18H9Cl2N5/c19-14-7-6-13(8-15(14)20)23-18-16(12(9-21)10-22)24-17(25-18)11-4-2-1-3-5-11/h1-8H,(H,23,24,25). The Morgan fingerprint density at radius 1 is 0.920 bits per heavy atom. The summed E-state index contributed by atoms with van der Waals surface area (Å²) in [7, 11) is 0. The smallest absolute Gasteiger partial charge is 0.162 e. The van der Waals surface area contributed by atoms with Gasteiger partial charge >= 0.3 is 0 Å². The van der Waals surface area contributed by atoms with Crippen molar-refractivity contribution < 1.29 is 0 Å². The van der Waals surface area contributed by atoms with Crippen LogP contribution in [0.15, 0.2) is 69.8 Å². The monoisotopic (exact) mass is 365 g/mol. The molecule has 1 aliphatic rings. The Hall–Kier alpha value is -3.12. The number of aliphatic imine (C=N–C) groups is 2. The third kappa shape index (κ3) is 3.54. The predicted octanol–water partition coefficient (Wildman–Crippen LogP) is 4.57. The van der Waals surface area contributed by atoms with Crippen LogP contribution in [0.3, 0.4) is 0 Å². The Balaban J connectivity index is 2.04. The maximum Gasteiger partial charge on any atom is 0.162 e. The zero-order valence-corrected chi connectivity index (χ0v) is 14.2.